The lowest BCUT2D eigenvalue weighted by molar-refractivity contribution is -0.129. The quantitative estimate of drug-likeness (QED) is 0.195. The Bertz CT molecular complexity index is 1400. The van der Waals surface area contributed by atoms with E-state index in [-0.39, 0.29) is 35.9 Å². The zero-order valence-corrected chi connectivity index (χ0v) is 21.2. The summed E-state index contributed by atoms with van der Waals surface area (Å²) in [6.07, 6.45) is 0. The summed E-state index contributed by atoms with van der Waals surface area (Å²) in [6, 6.07) is 24.0. The number of hydrogen-bond donors (Lipinski definition) is 1. The lowest BCUT2D eigenvalue weighted by atomic mass is 10.1. The van der Waals surface area contributed by atoms with E-state index in [1.54, 1.807) is 4.90 Å². The van der Waals surface area contributed by atoms with Gasteiger partial charge >= 0.3 is 5.97 Å². The van der Waals surface area contributed by atoms with Gasteiger partial charge in [-0.25, -0.2) is 9.78 Å². The maximum absolute atomic E-state index is 13.4. The lowest BCUT2D eigenvalue weighted by Crippen LogP contribution is -2.32. The Labute approximate surface area is 218 Å². The first-order chi connectivity index (χ1) is 18.0. The van der Waals surface area contributed by atoms with Crippen molar-refractivity contribution in [2.75, 3.05) is 19.5 Å². The van der Waals surface area contributed by atoms with E-state index in [1.165, 1.54) is 29.9 Å². The lowest BCUT2D eigenvalue weighted by Gasteiger charge is -2.23. The standard InChI is InChI=1S/C28H27N3O5S/c1-36-27(35)22-12-13-23-24(16-22)29-28(31(14-15-32)26(23)34)37-19-25(33)30(17-20-8-4-2-5-9-20)18-21-10-6-3-7-11-21/h2-13,16,32H,14-15,17-19H2,1H3. The number of ether oxygens (including phenoxy) is 1. The van der Waals surface area contributed by atoms with Crippen LogP contribution in [0.25, 0.3) is 10.9 Å². The monoisotopic (exact) mass is 517 g/mol. The van der Waals surface area contributed by atoms with Crippen LogP contribution in [0.3, 0.4) is 0 Å². The van der Waals surface area contributed by atoms with E-state index >= 15 is 0 Å². The first-order valence-electron chi connectivity index (χ1n) is 11.7. The van der Waals surface area contributed by atoms with Crippen LogP contribution in [0.2, 0.25) is 0 Å². The Morgan fingerprint density at radius 1 is 0.973 bits per heavy atom. The predicted octanol–water partition coefficient (Wildman–Crippen LogP) is 3.50. The van der Waals surface area contributed by atoms with Gasteiger partial charge < -0.3 is 14.7 Å². The molecule has 0 aliphatic carbocycles. The highest BCUT2D eigenvalue weighted by atomic mass is 32.2. The summed E-state index contributed by atoms with van der Waals surface area (Å²) < 4.78 is 6.13. The summed E-state index contributed by atoms with van der Waals surface area (Å²) >= 11 is 1.13. The number of methoxy groups -OCH3 is 1. The third-order valence-electron chi connectivity index (χ3n) is 5.77. The van der Waals surface area contributed by atoms with Crippen LogP contribution < -0.4 is 5.56 Å². The molecule has 37 heavy (non-hydrogen) atoms. The minimum atomic E-state index is -0.537. The molecule has 1 amide bonds. The highest BCUT2D eigenvalue weighted by molar-refractivity contribution is 7.99. The number of nitrogens with zero attached hydrogens (tertiary/aromatic N) is 3. The zero-order chi connectivity index (χ0) is 26.2. The second kappa shape index (κ2) is 12.3. The van der Waals surface area contributed by atoms with Crippen LogP contribution in [-0.2, 0) is 29.2 Å². The van der Waals surface area contributed by atoms with Gasteiger partial charge in [0.2, 0.25) is 5.91 Å². The topological polar surface area (TPSA) is 102 Å². The number of rotatable bonds is 10. The Hall–Kier alpha value is -3.95. The summed E-state index contributed by atoms with van der Waals surface area (Å²) in [5.74, 6) is -0.615. The SMILES string of the molecule is COC(=O)c1ccc2c(=O)n(CCO)c(SCC(=O)N(Cc3ccccc3)Cc3ccccc3)nc2c1. The second-order valence-corrected chi connectivity index (χ2v) is 9.25. The summed E-state index contributed by atoms with van der Waals surface area (Å²) in [6.45, 7) is 0.649. The molecule has 0 atom stereocenters. The summed E-state index contributed by atoms with van der Waals surface area (Å²) in [7, 11) is 1.28. The molecule has 3 aromatic carbocycles. The van der Waals surface area contributed by atoms with Crippen LogP contribution in [0, 0.1) is 0 Å². The molecule has 0 saturated heterocycles. The van der Waals surface area contributed by atoms with Crippen molar-refractivity contribution in [2.45, 2.75) is 24.8 Å². The zero-order valence-electron chi connectivity index (χ0n) is 20.4. The molecular formula is C28H27N3O5S. The minimum Gasteiger partial charge on any atom is -0.465 e. The smallest absolute Gasteiger partial charge is 0.337 e. The third kappa shape index (κ3) is 6.44. The summed E-state index contributed by atoms with van der Waals surface area (Å²) in [5, 5.41) is 10.2. The van der Waals surface area contributed by atoms with Crippen LogP contribution in [-0.4, -0.2) is 50.9 Å². The molecule has 0 saturated carbocycles. The number of thioether (sulfide) groups is 1. The fourth-order valence-corrected chi connectivity index (χ4v) is 4.84. The van der Waals surface area contributed by atoms with Crippen molar-refractivity contribution in [1.29, 1.82) is 0 Å². The van der Waals surface area contributed by atoms with Gasteiger partial charge in [0.1, 0.15) is 0 Å². The number of aromatic nitrogens is 2. The van der Waals surface area contributed by atoms with Crippen molar-refractivity contribution in [1.82, 2.24) is 14.5 Å². The molecule has 0 spiro atoms. The Kier molecular flexibility index (Phi) is 8.71. The van der Waals surface area contributed by atoms with Crippen molar-refractivity contribution in [3.8, 4) is 0 Å². The third-order valence-corrected chi connectivity index (χ3v) is 6.74. The largest absolute Gasteiger partial charge is 0.465 e. The molecule has 0 bridgehead atoms. The number of fused-ring (bicyclic) bond motifs is 1. The Morgan fingerprint density at radius 3 is 2.16 bits per heavy atom. The number of amides is 1. The predicted molar refractivity (Wildman–Crippen MR) is 142 cm³/mol. The van der Waals surface area contributed by atoms with Gasteiger partial charge in [0.05, 0.1) is 42.5 Å². The van der Waals surface area contributed by atoms with Crippen LogP contribution >= 0.6 is 11.8 Å². The number of hydrogen-bond acceptors (Lipinski definition) is 7. The molecule has 4 aromatic rings. The van der Waals surface area contributed by atoms with Gasteiger partial charge in [-0.3, -0.25) is 14.2 Å². The summed E-state index contributed by atoms with van der Waals surface area (Å²) in [4.78, 5) is 44.8. The molecular weight excluding hydrogens is 490 g/mol. The molecule has 1 aromatic heterocycles. The van der Waals surface area contributed by atoms with Crippen molar-refractivity contribution in [3.63, 3.8) is 0 Å². The summed E-state index contributed by atoms with van der Waals surface area (Å²) in [5.41, 5.74) is 2.25. The average Bonchev–Trinajstić information content (AvgIpc) is 2.93. The van der Waals surface area contributed by atoms with E-state index in [0.717, 1.165) is 22.9 Å². The van der Waals surface area contributed by atoms with Crippen LogP contribution in [0.5, 0.6) is 0 Å². The Morgan fingerprint density at radius 2 is 1.59 bits per heavy atom. The molecule has 4 rings (SSSR count). The molecule has 0 radical (unpaired) electrons. The van der Waals surface area contributed by atoms with E-state index in [2.05, 4.69) is 4.98 Å². The fraction of sp³-hybridized carbons (Fsp3) is 0.214. The molecule has 1 heterocycles. The molecule has 9 heteroatoms. The number of benzene rings is 3. The highest BCUT2D eigenvalue weighted by Gasteiger charge is 2.19. The van der Waals surface area contributed by atoms with Gasteiger partial charge in [0.25, 0.3) is 5.56 Å². The average molecular weight is 518 g/mol. The minimum absolute atomic E-state index is 0.0365. The van der Waals surface area contributed by atoms with E-state index in [1.807, 2.05) is 60.7 Å². The first kappa shape index (κ1) is 26.1. The van der Waals surface area contributed by atoms with Gasteiger partial charge in [-0.2, -0.15) is 0 Å². The van der Waals surface area contributed by atoms with Gasteiger partial charge in [0.15, 0.2) is 5.16 Å². The van der Waals surface area contributed by atoms with E-state index < -0.39 is 5.97 Å². The number of carbonyl (C=O) groups is 2. The maximum Gasteiger partial charge on any atom is 0.337 e. The van der Waals surface area contributed by atoms with Crippen molar-refractivity contribution >= 4 is 34.5 Å². The Balaban J connectivity index is 1.61. The van der Waals surface area contributed by atoms with E-state index in [0.29, 0.717) is 29.1 Å². The number of carbonyl (C=O) groups excluding carboxylic acids is 2. The maximum atomic E-state index is 13.4. The fourth-order valence-electron chi connectivity index (χ4n) is 3.91. The van der Waals surface area contributed by atoms with Crippen LogP contribution in [0.1, 0.15) is 21.5 Å². The van der Waals surface area contributed by atoms with Gasteiger partial charge in [-0.1, -0.05) is 72.4 Å². The number of aliphatic hydroxyl groups is 1. The molecule has 0 unspecified atom stereocenters. The van der Waals surface area contributed by atoms with Gasteiger partial charge in [0, 0.05) is 13.1 Å². The molecule has 0 aliphatic rings. The molecule has 0 aliphatic heterocycles. The van der Waals surface area contributed by atoms with E-state index in [9.17, 15) is 19.5 Å². The van der Waals surface area contributed by atoms with Crippen molar-refractivity contribution in [3.05, 3.63) is 106 Å². The first-order valence-corrected chi connectivity index (χ1v) is 12.7. The van der Waals surface area contributed by atoms with Crippen molar-refractivity contribution in [2.24, 2.45) is 0 Å². The number of aliphatic hydroxyl groups excluding tert-OH is 1. The van der Waals surface area contributed by atoms with E-state index in [4.69, 9.17) is 4.74 Å². The van der Waals surface area contributed by atoms with Crippen LogP contribution in [0.15, 0.2) is 88.8 Å². The van der Waals surface area contributed by atoms with Gasteiger partial charge in [-0.15, -0.1) is 0 Å². The molecule has 1 N–H and O–H groups in total. The second-order valence-electron chi connectivity index (χ2n) is 8.31. The molecule has 0 fully saturated rings. The normalized spacial score (nSPS) is 10.9. The van der Waals surface area contributed by atoms with Gasteiger partial charge in [-0.05, 0) is 29.3 Å². The molecule has 8 nitrogen and oxygen atoms in total. The van der Waals surface area contributed by atoms with Crippen LogP contribution in [0.4, 0.5) is 0 Å². The highest BCUT2D eigenvalue weighted by Crippen LogP contribution is 2.21. The number of esters is 1. The van der Waals surface area contributed by atoms with Crippen molar-refractivity contribution < 1.29 is 19.4 Å². The molecule has 190 valence electrons.